The summed E-state index contributed by atoms with van der Waals surface area (Å²) in [4.78, 5) is 46.9. The van der Waals surface area contributed by atoms with Gasteiger partial charge in [-0.2, -0.15) is 0 Å². The molecule has 0 aliphatic carbocycles. The van der Waals surface area contributed by atoms with Crippen molar-refractivity contribution >= 4 is 23.8 Å². The van der Waals surface area contributed by atoms with Gasteiger partial charge in [-0.05, 0) is 19.3 Å². The molecule has 0 radical (unpaired) electrons. The maximum atomic E-state index is 12.2. The van der Waals surface area contributed by atoms with Crippen molar-refractivity contribution in [1.29, 1.82) is 0 Å². The molecular formula is C13H21N3O7. The third kappa shape index (κ3) is 5.18. The molecule has 1 heterocycles. The molecule has 6 N–H and O–H groups in total. The van der Waals surface area contributed by atoms with E-state index >= 15 is 0 Å². The molecule has 10 nitrogen and oxygen atoms in total. The maximum absolute atomic E-state index is 12.2. The van der Waals surface area contributed by atoms with E-state index in [0.29, 0.717) is 12.8 Å². The lowest BCUT2D eigenvalue weighted by Crippen LogP contribution is -2.54. The van der Waals surface area contributed by atoms with Crippen LogP contribution in [0.1, 0.15) is 25.7 Å². The number of aliphatic hydroxyl groups is 1. The van der Waals surface area contributed by atoms with Crippen molar-refractivity contribution in [3.8, 4) is 0 Å². The minimum absolute atomic E-state index is 0.0482. The number of likely N-dealkylation sites (tertiary alicyclic amines) is 1. The summed E-state index contributed by atoms with van der Waals surface area (Å²) in [6, 6.07) is -3.35. The molecule has 0 aromatic rings. The Bertz CT molecular complexity index is 482. The third-order valence-electron chi connectivity index (χ3n) is 3.62. The van der Waals surface area contributed by atoms with Gasteiger partial charge in [-0.15, -0.1) is 0 Å². The number of carboxylic acid groups (broad SMARTS) is 2. The average Bonchev–Trinajstić information content (AvgIpc) is 2.98. The van der Waals surface area contributed by atoms with Crippen LogP contribution in [-0.4, -0.2) is 75.2 Å². The Balaban J connectivity index is 2.68. The van der Waals surface area contributed by atoms with Crippen LogP contribution in [0, 0.1) is 0 Å². The van der Waals surface area contributed by atoms with Gasteiger partial charge in [-0.25, -0.2) is 4.79 Å². The summed E-state index contributed by atoms with van der Waals surface area (Å²) in [6.07, 6.45) is 0.587. The lowest BCUT2D eigenvalue weighted by Gasteiger charge is -2.27. The zero-order chi connectivity index (χ0) is 17.6. The van der Waals surface area contributed by atoms with Crippen LogP contribution in [-0.2, 0) is 19.2 Å². The molecule has 10 heteroatoms. The van der Waals surface area contributed by atoms with E-state index < -0.39 is 48.5 Å². The van der Waals surface area contributed by atoms with Crippen LogP contribution in [0.4, 0.5) is 0 Å². The van der Waals surface area contributed by atoms with Gasteiger partial charge < -0.3 is 31.3 Å². The first-order valence-electron chi connectivity index (χ1n) is 7.19. The summed E-state index contributed by atoms with van der Waals surface area (Å²) >= 11 is 0. The van der Waals surface area contributed by atoms with Gasteiger partial charge in [0.25, 0.3) is 0 Å². The van der Waals surface area contributed by atoms with Crippen molar-refractivity contribution < 1.29 is 34.5 Å². The van der Waals surface area contributed by atoms with Gasteiger partial charge in [0.05, 0.1) is 12.6 Å². The van der Waals surface area contributed by atoms with Crippen molar-refractivity contribution in [3.05, 3.63) is 0 Å². The second kappa shape index (κ2) is 8.44. The van der Waals surface area contributed by atoms with Crippen molar-refractivity contribution in [2.24, 2.45) is 5.73 Å². The smallest absolute Gasteiger partial charge is 0.328 e. The average molecular weight is 331 g/mol. The number of nitrogens with zero attached hydrogens (tertiary/aromatic N) is 1. The van der Waals surface area contributed by atoms with Crippen LogP contribution in [0.3, 0.4) is 0 Å². The molecule has 130 valence electrons. The fourth-order valence-corrected chi connectivity index (χ4v) is 2.37. The number of hydrogen-bond donors (Lipinski definition) is 5. The summed E-state index contributed by atoms with van der Waals surface area (Å²) in [5.74, 6) is -3.67. The van der Waals surface area contributed by atoms with Crippen LogP contribution in [0.25, 0.3) is 0 Å². The van der Waals surface area contributed by atoms with E-state index in [1.807, 2.05) is 0 Å². The molecule has 23 heavy (non-hydrogen) atoms. The third-order valence-corrected chi connectivity index (χ3v) is 3.62. The summed E-state index contributed by atoms with van der Waals surface area (Å²) in [5, 5.41) is 28.5. The molecule has 1 fully saturated rings. The molecular weight excluding hydrogens is 310 g/mol. The Hall–Kier alpha value is -2.20. The molecule has 1 aliphatic heterocycles. The molecule has 1 rings (SSSR count). The second-order valence-corrected chi connectivity index (χ2v) is 5.31. The molecule has 0 spiro atoms. The van der Waals surface area contributed by atoms with Gasteiger partial charge in [-0.1, -0.05) is 0 Å². The number of rotatable bonds is 8. The molecule has 1 aliphatic rings. The van der Waals surface area contributed by atoms with Gasteiger partial charge in [0.15, 0.2) is 0 Å². The highest BCUT2D eigenvalue weighted by atomic mass is 16.4. The summed E-state index contributed by atoms with van der Waals surface area (Å²) in [5.41, 5.74) is 5.66. The number of carboxylic acids is 2. The van der Waals surface area contributed by atoms with E-state index in [1.54, 1.807) is 0 Å². The zero-order valence-electron chi connectivity index (χ0n) is 12.5. The van der Waals surface area contributed by atoms with Crippen LogP contribution in [0.2, 0.25) is 0 Å². The quantitative estimate of drug-likeness (QED) is 0.331. The molecule has 3 atom stereocenters. The fourth-order valence-electron chi connectivity index (χ4n) is 2.37. The van der Waals surface area contributed by atoms with Gasteiger partial charge >= 0.3 is 11.9 Å². The number of hydrogen-bond acceptors (Lipinski definition) is 6. The minimum atomic E-state index is -1.44. The normalized spacial score (nSPS) is 19.9. The maximum Gasteiger partial charge on any atom is 0.328 e. The number of aliphatic hydroxyl groups excluding tert-OH is 1. The molecule has 0 bridgehead atoms. The molecule has 0 aromatic heterocycles. The highest BCUT2D eigenvalue weighted by molar-refractivity contribution is 5.92. The Labute approximate surface area is 132 Å². The van der Waals surface area contributed by atoms with E-state index in [2.05, 4.69) is 5.32 Å². The number of nitrogens with one attached hydrogen (secondary N) is 1. The molecule has 0 saturated carbocycles. The molecule has 1 saturated heterocycles. The highest BCUT2D eigenvalue weighted by Gasteiger charge is 2.37. The van der Waals surface area contributed by atoms with Crippen LogP contribution >= 0.6 is 0 Å². The molecule has 0 aromatic carbocycles. The van der Waals surface area contributed by atoms with Crippen molar-refractivity contribution in [3.63, 3.8) is 0 Å². The predicted octanol–water partition coefficient (Wildman–Crippen LogP) is -2.27. The van der Waals surface area contributed by atoms with Crippen molar-refractivity contribution in [1.82, 2.24) is 10.2 Å². The van der Waals surface area contributed by atoms with Crippen LogP contribution in [0.5, 0.6) is 0 Å². The Kier molecular flexibility index (Phi) is 6.91. The topological polar surface area (TPSA) is 170 Å². The van der Waals surface area contributed by atoms with E-state index in [-0.39, 0.29) is 19.4 Å². The Morgan fingerprint density at radius 3 is 2.43 bits per heavy atom. The lowest BCUT2D eigenvalue weighted by atomic mass is 10.1. The first kappa shape index (κ1) is 18.8. The number of nitrogens with two attached hydrogens (primary N) is 1. The van der Waals surface area contributed by atoms with Gasteiger partial charge in [0.1, 0.15) is 12.1 Å². The highest BCUT2D eigenvalue weighted by Crippen LogP contribution is 2.19. The first-order valence-corrected chi connectivity index (χ1v) is 7.19. The first-order chi connectivity index (χ1) is 10.8. The Morgan fingerprint density at radius 2 is 1.91 bits per heavy atom. The summed E-state index contributed by atoms with van der Waals surface area (Å²) < 4.78 is 0. The van der Waals surface area contributed by atoms with E-state index in [0.717, 1.165) is 0 Å². The van der Waals surface area contributed by atoms with Crippen LogP contribution < -0.4 is 11.1 Å². The van der Waals surface area contributed by atoms with Crippen LogP contribution in [0.15, 0.2) is 0 Å². The standard InChI is InChI=1S/C13H21N3O7/c14-7(3-4-10(18)19)12(21)16-5-1-2-9(16)11(20)15-8(6-17)13(22)23/h7-9,17H,1-6,14H2,(H,15,20)(H,18,19)(H,22,23)/t7-,8-,9-/m0/s1. The number of carbonyl (C=O) groups excluding carboxylic acids is 2. The predicted molar refractivity (Wildman–Crippen MR) is 76.2 cm³/mol. The van der Waals surface area contributed by atoms with E-state index in [4.69, 9.17) is 21.1 Å². The van der Waals surface area contributed by atoms with E-state index in [9.17, 15) is 19.2 Å². The van der Waals surface area contributed by atoms with E-state index in [1.165, 1.54) is 4.90 Å². The van der Waals surface area contributed by atoms with Gasteiger partial charge in [0.2, 0.25) is 11.8 Å². The van der Waals surface area contributed by atoms with Gasteiger partial charge in [-0.3, -0.25) is 14.4 Å². The largest absolute Gasteiger partial charge is 0.481 e. The lowest BCUT2D eigenvalue weighted by molar-refractivity contribution is -0.145. The Morgan fingerprint density at radius 1 is 1.26 bits per heavy atom. The molecule has 2 amide bonds. The number of carbonyl (C=O) groups is 4. The zero-order valence-corrected chi connectivity index (χ0v) is 12.5. The molecule has 0 unspecified atom stereocenters. The SMILES string of the molecule is N[C@@H](CCC(=O)O)C(=O)N1CCC[C@H]1C(=O)N[C@@H](CO)C(=O)O. The van der Waals surface area contributed by atoms with Crippen molar-refractivity contribution in [2.75, 3.05) is 13.2 Å². The number of aliphatic carboxylic acids is 2. The second-order valence-electron chi connectivity index (χ2n) is 5.31. The van der Waals surface area contributed by atoms with Gasteiger partial charge in [0, 0.05) is 13.0 Å². The minimum Gasteiger partial charge on any atom is -0.481 e. The number of amides is 2. The monoisotopic (exact) mass is 331 g/mol. The van der Waals surface area contributed by atoms with Crippen molar-refractivity contribution in [2.45, 2.75) is 43.8 Å². The summed E-state index contributed by atoms with van der Waals surface area (Å²) in [7, 11) is 0. The fraction of sp³-hybridized carbons (Fsp3) is 0.692. The summed E-state index contributed by atoms with van der Waals surface area (Å²) in [6.45, 7) is -0.478.